The number of halogens is 4. The van der Waals surface area contributed by atoms with Gasteiger partial charge in [-0.3, -0.25) is 5.32 Å². The summed E-state index contributed by atoms with van der Waals surface area (Å²) in [6, 6.07) is 19.4. The van der Waals surface area contributed by atoms with Crippen LogP contribution in [0.15, 0.2) is 78.9 Å². The van der Waals surface area contributed by atoms with E-state index < -0.39 is 29.9 Å². The normalized spacial score (nSPS) is 11.9. The number of anilines is 4. The maximum atomic E-state index is 13.1. The fourth-order valence-corrected chi connectivity index (χ4v) is 3.99. The molecule has 0 aliphatic rings. The van der Waals surface area contributed by atoms with Crippen LogP contribution in [-0.2, 0) is 22.2 Å². The van der Waals surface area contributed by atoms with Crippen molar-refractivity contribution in [1.82, 2.24) is 9.78 Å². The SMILES string of the molecule is CCOC(=O)c1c(Nc2ccc(Cl)cc2)nn(CC(OC(=O)Nc2cccc(C(F)(F)F)c2)c2ccccc2)c1N. The van der Waals surface area contributed by atoms with Gasteiger partial charge in [0.05, 0.1) is 18.7 Å². The molecule has 1 aromatic heterocycles. The van der Waals surface area contributed by atoms with Crippen LogP contribution >= 0.6 is 11.6 Å². The second-order valence-electron chi connectivity index (χ2n) is 8.65. The van der Waals surface area contributed by atoms with Crippen molar-refractivity contribution in [3.8, 4) is 0 Å². The fourth-order valence-electron chi connectivity index (χ4n) is 3.86. The number of esters is 1. The third-order valence-corrected chi connectivity index (χ3v) is 6.03. The standard InChI is InChI=1S/C28H25ClF3N5O4/c1-2-40-26(38)23-24(33)37(36-25(23)34-20-13-11-19(29)12-14-20)16-22(17-7-4-3-5-8-17)41-27(39)35-21-10-6-9-18(15-21)28(30,31)32/h3-15,22H,2,16,33H2,1H3,(H,34,36)(H,35,39). The number of hydrogen-bond donors (Lipinski definition) is 3. The number of carbonyl (C=O) groups excluding carboxylic acids is 2. The Hall–Kier alpha value is -4.71. The molecular weight excluding hydrogens is 563 g/mol. The summed E-state index contributed by atoms with van der Waals surface area (Å²) in [6.07, 6.45) is -6.59. The Balaban J connectivity index is 1.62. The zero-order valence-electron chi connectivity index (χ0n) is 21.6. The van der Waals surface area contributed by atoms with E-state index in [1.165, 1.54) is 16.8 Å². The molecule has 0 bridgehead atoms. The molecule has 0 radical (unpaired) electrons. The first kappa shape index (κ1) is 29.3. The highest BCUT2D eigenvalue weighted by molar-refractivity contribution is 6.30. The molecule has 13 heteroatoms. The molecule has 9 nitrogen and oxygen atoms in total. The summed E-state index contributed by atoms with van der Waals surface area (Å²) in [5.41, 5.74) is 6.39. The van der Waals surface area contributed by atoms with Gasteiger partial charge in [0, 0.05) is 16.4 Å². The average Bonchev–Trinajstić information content (AvgIpc) is 3.24. The molecule has 0 fully saturated rings. The molecule has 4 N–H and O–H groups in total. The highest BCUT2D eigenvalue weighted by Crippen LogP contribution is 2.32. The Morgan fingerprint density at radius 2 is 1.73 bits per heavy atom. The molecule has 1 heterocycles. The Morgan fingerprint density at radius 1 is 1.02 bits per heavy atom. The number of ether oxygens (including phenoxy) is 2. The lowest BCUT2D eigenvalue weighted by atomic mass is 10.1. The van der Waals surface area contributed by atoms with Crippen LogP contribution in [0, 0.1) is 0 Å². The van der Waals surface area contributed by atoms with Crippen molar-refractivity contribution >= 4 is 46.7 Å². The van der Waals surface area contributed by atoms with E-state index in [9.17, 15) is 22.8 Å². The molecule has 0 saturated heterocycles. The van der Waals surface area contributed by atoms with E-state index in [4.69, 9.17) is 26.8 Å². The van der Waals surface area contributed by atoms with E-state index in [0.29, 0.717) is 16.3 Å². The summed E-state index contributed by atoms with van der Waals surface area (Å²) >= 11 is 5.96. The zero-order valence-corrected chi connectivity index (χ0v) is 22.4. The molecule has 214 valence electrons. The molecule has 41 heavy (non-hydrogen) atoms. The first-order chi connectivity index (χ1) is 19.5. The lowest BCUT2D eigenvalue weighted by Gasteiger charge is -2.19. The van der Waals surface area contributed by atoms with Crippen molar-refractivity contribution in [1.29, 1.82) is 0 Å². The minimum atomic E-state index is -4.58. The van der Waals surface area contributed by atoms with Gasteiger partial charge in [0.1, 0.15) is 17.5 Å². The van der Waals surface area contributed by atoms with E-state index in [1.807, 2.05) is 0 Å². The molecule has 0 aliphatic carbocycles. The number of nitrogen functional groups attached to an aromatic ring is 1. The van der Waals surface area contributed by atoms with Crippen LogP contribution in [0.3, 0.4) is 0 Å². The highest BCUT2D eigenvalue weighted by Gasteiger charge is 2.31. The van der Waals surface area contributed by atoms with Crippen molar-refractivity contribution in [3.63, 3.8) is 0 Å². The summed E-state index contributed by atoms with van der Waals surface area (Å²) in [4.78, 5) is 25.6. The topological polar surface area (TPSA) is 120 Å². The molecule has 4 rings (SSSR count). The van der Waals surface area contributed by atoms with Crippen molar-refractivity contribution in [2.24, 2.45) is 0 Å². The summed E-state index contributed by atoms with van der Waals surface area (Å²) < 4.78 is 51.4. The number of nitrogens with zero attached hydrogens (tertiary/aromatic N) is 2. The molecule has 0 aliphatic heterocycles. The van der Waals surface area contributed by atoms with Gasteiger partial charge in [-0.15, -0.1) is 0 Å². The maximum absolute atomic E-state index is 13.1. The van der Waals surface area contributed by atoms with E-state index in [1.54, 1.807) is 61.5 Å². The Kier molecular flexibility index (Phi) is 9.03. The first-order valence-electron chi connectivity index (χ1n) is 12.3. The van der Waals surface area contributed by atoms with Crippen LogP contribution in [-0.4, -0.2) is 28.4 Å². The van der Waals surface area contributed by atoms with Gasteiger partial charge in [-0.25, -0.2) is 14.3 Å². The Bertz CT molecular complexity index is 1510. The number of rotatable bonds is 9. The minimum Gasteiger partial charge on any atom is -0.462 e. The Labute approximate surface area is 238 Å². The van der Waals surface area contributed by atoms with Crippen LogP contribution in [0.5, 0.6) is 0 Å². The van der Waals surface area contributed by atoms with Gasteiger partial charge < -0.3 is 20.5 Å². The van der Waals surface area contributed by atoms with Crippen LogP contribution in [0.4, 0.5) is 41.0 Å². The van der Waals surface area contributed by atoms with Gasteiger partial charge in [0.25, 0.3) is 0 Å². The summed E-state index contributed by atoms with van der Waals surface area (Å²) in [5.74, 6) is -0.668. The van der Waals surface area contributed by atoms with Gasteiger partial charge in [-0.2, -0.15) is 18.3 Å². The number of aromatic nitrogens is 2. The molecule has 0 saturated carbocycles. The molecule has 4 aromatic rings. The number of hydrogen-bond acceptors (Lipinski definition) is 7. The third-order valence-electron chi connectivity index (χ3n) is 5.77. The maximum Gasteiger partial charge on any atom is 0.416 e. The first-order valence-corrected chi connectivity index (χ1v) is 12.7. The second-order valence-corrected chi connectivity index (χ2v) is 9.09. The quantitative estimate of drug-likeness (QED) is 0.179. The number of nitrogens with two attached hydrogens (primary N) is 1. The van der Waals surface area contributed by atoms with Crippen LogP contribution < -0.4 is 16.4 Å². The summed E-state index contributed by atoms with van der Waals surface area (Å²) in [5, 5.41) is 10.3. The fraction of sp³-hybridized carbons (Fsp3) is 0.179. The summed E-state index contributed by atoms with van der Waals surface area (Å²) in [7, 11) is 0. The van der Waals surface area contributed by atoms with E-state index in [0.717, 1.165) is 12.1 Å². The van der Waals surface area contributed by atoms with Gasteiger partial charge >= 0.3 is 18.2 Å². The van der Waals surface area contributed by atoms with Gasteiger partial charge in [-0.05, 0) is 55.0 Å². The van der Waals surface area contributed by atoms with Crippen LogP contribution in [0.25, 0.3) is 0 Å². The van der Waals surface area contributed by atoms with Crippen LogP contribution in [0.1, 0.15) is 34.5 Å². The molecule has 3 aromatic carbocycles. The summed E-state index contributed by atoms with van der Waals surface area (Å²) in [6.45, 7) is 1.60. The van der Waals surface area contributed by atoms with Crippen molar-refractivity contribution in [2.45, 2.75) is 25.7 Å². The number of amides is 1. The molecule has 1 atom stereocenters. The second kappa shape index (κ2) is 12.6. The van der Waals surface area contributed by atoms with E-state index in [2.05, 4.69) is 15.7 Å². The molecule has 1 unspecified atom stereocenters. The van der Waals surface area contributed by atoms with Crippen molar-refractivity contribution in [2.75, 3.05) is 23.0 Å². The largest absolute Gasteiger partial charge is 0.462 e. The molecule has 1 amide bonds. The molecular formula is C28H25ClF3N5O4. The number of carbonyl (C=O) groups is 2. The van der Waals surface area contributed by atoms with Gasteiger partial charge in [0.2, 0.25) is 0 Å². The van der Waals surface area contributed by atoms with E-state index in [-0.39, 0.29) is 36.0 Å². The van der Waals surface area contributed by atoms with Gasteiger partial charge in [-0.1, -0.05) is 48.0 Å². The number of benzene rings is 3. The molecule has 0 spiro atoms. The Morgan fingerprint density at radius 3 is 2.39 bits per heavy atom. The number of nitrogens with one attached hydrogen (secondary N) is 2. The van der Waals surface area contributed by atoms with Crippen molar-refractivity contribution in [3.05, 3.63) is 101 Å². The lowest BCUT2D eigenvalue weighted by molar-refractivity contribution is -0.137. The number of alkyl halides is 3. The smallest absolute Gasteiger partial charge is 0.416 e. The van der Waals surface area contributed by atoms with Crippen LogP contribution in [0.2, 0.25) is 5.02 Å². The minimum absolute atomic E-state index is 0.0259. The lowest BCUT2D eigenvalue weighted by Crippen LogP contribution is -2.22. The monoisotopic (exact) mass is 587 g/mol. The average molecular weight is 588 g/mol. The zero-order chi connectivity index (χ0) is 29.6. The third kappa shape index (κ3) is 7.48. The predicted octanol–water partition coefficient (Wildman–Crippen LogP) is 7.05. The predicted molar refractivity (Wildman–Crippen MR) is 148 cm³/mol. The van der Waals surface area contributed by atoms with Gasteiger partial charge in [0.15, 0.2) is 5.82 Å². The van der Waals surface area contributed by atoms with E-state index >= 15 is 0 Å². The highest BCUT2D eigenvalue weighted by atomic mass is 35.5. The van der Waals surface area contributed by atoms with Crippen molar-refractivity contribution < 1.29 is 32.2 Å².